The minimum atomic E-state index is -1.83. The monoisotopic (exact) mass is 136 g/mol. The first-order valence-corrected chi connectivity index (χ1v) is 5.85. The molecule has 0 aliphatic carbocycles. The smallest absolute Gasteiger partial charge is 0.450 e. The number of carboxylic acid groups (broad SMARTS) is 2. The van der Waals surface area contributed by atoms with E-state index in [1.165, 1.54) is 0 Å². The maximum absolute atomic E-state index is 8.56. The van der Waals surface area contributed by atoms with Crippen LogP contribution in [0.5, 0.6) is 0 Å². The quantitative estimate of drug-likeness (QED) is 0.494. The molecule has 0 aliphatic rings. The molecular formula is C4H12O3Si. The summed E-state index contributed by atoms with van der Waals surface area (Å²) >= 11 is 0. The number of rotatable bonds is 0. The van der Waals surface area contributed by atoms with Gasteiger partial charge in [0.25, 0.3) is 0 Å². The zero-order valence-corrected chi connectivity index (χ0v) is 6.53. The number of carbonyl (C=O) groups is 1. The predicted molar refractivity (Wildman–Crippen MR) is 35.4 cm³/mol. The standard InChI is InChI=1S/C3H10Si.CH2O3/c1-4(2)3;2-1(3)4/h4H,1-3H3;(H2,2,3,4). The van der Waals surface area contributed by atoms with Gasteiger partial charge in [0.2, 0.25) is 0 Å². The molecule has 8 heavy (non-hydrogen) atoms. The molecule has 0 aromatic carbocycles. The second kappa shape index (κ2) is 6.49. The summed E-state index contributed by atoms with van der Waals surface area (Å²) in [6, 6.07) is 0. The fourth-order valence-electron chi connectivity index (χ4n) is 0. The summed E-state index contributed by atoms with van der Waals surface area (Å²) in [6.45, 7) is 6.92. The van der Waals surface area contributed by atoms with Crippen molar-refractivity contribution in [2.75, 3.05) is 0 Å². The molecule has 2 N–H and O–H groups in total. The first-order valence-electron chi connectivity index (χ1n) is 2.38. The van der Waals surface area contributed by atoms with Gasteiger partial charge in [-0.3, -0.25) is 0 Å². The lowest BCUT2D eigenvalue weighted by molar-refractivity contribution is 0.137. The van der Waals surface area contributed by atoms with E-state index in [-0.39, 0.29) is 8.80 Å². The van der Waals surface area contributed by atoms with Crippen molar-refractivity contribution in [3.05, 3.63) is 0 Å². The summed E-state index contributed by atoms with van der Waals surface area (Å²) in [4.78, 5) is 8.56. The molecule has 0 aliphatic heterocycles. The summed E-state index contributed by atoms with van der Waals surface area (Å²) in [5.74, 6) is 0. The highest BCUT2D eigenvalue weighted by molar-refractivity contribution is 6.54. The molecule has 0 aromatic rings. The third-order valence-corrected chi connectivity index (χ3v) is 0. The van der Waals surface area contributed by atoms with Crippen LogP contribution in [0.1, 0.15) is 0 Å². The van der Waals surface area contributed by atoms with Crippen molar-refractivity contribution in [3.8, 4) is 0 Å². The Kier molecular flexibility index (Phi) is 8.49. The van der Waals surface area contributed by atoms with E-state index in [1.54, 1.807) is 0 Å². The van der Waals surface area contributed by atoms with Crippen LogP contribution in [0, 0.1) is 0 Å². The highest BCUT2D eigenvalue weighted by atomic mass is 28.3. The second-order valence-electron chi connectivity index (χ2n) is 2.01. The van der Waals surface area contributed by atoms with Crippen molar-refractivity contribution >= 4 is 15.0 Å². The number of hydrogen-bond acceptors (Lipinski definition) is 1. The molecule has 4 heteroatoms. The molecule has 0 bridgehead atoms. The summed E-state index contributed by atoms with van der Waals surface area (Å²) in [6.07, 6.45) is -1.83. The van der Waals surface area contributed by atoms with Crippen LogP contribution in [0.4, 0.5) is 4.79 Å². The van der Waals surface area contributed by atoms with Gasteiger partial charge in [-0.25, -0.2) is 4.79 Å². The van der Waals surface area contributed by atoms with Crippen molar-refractivity contribution in [2.45, 2.75) is 19.6 Å². The zero-order valence-electron chi connectivity index (χ0n) is 5.38. The Morgan fingerprint density at radius 2 is 1.25 bits per heavy atom. The summed E-state index contributed by atoms with van der Waals surface area (Å²) in [5, 5.41) is 13.9. The lowest BCUT2D eigenvalue weighted by Crippen LogP contribution is -1.84. The molecule has 0 saturated heterocycles. The molecule has 0 heterocycles. The normalized spacial score (nSPS) is 7.50. The van der Waals surface area contributed by atoms with Gasteiger partial charge >= 0.3 is 6.16 Å². The Labute approximate surface area is 50.6 Å². The van der Waals surface area contributed by atoms with Crippen molar-refractivity contribution < 1.29 is 15.0 Å². The van der Waals surface area contributed by atoms with Crippen molar-refractivity contribution in [2.24, 2.45) is 0 Å². The lowest BCUT2D eigenvalue weighted by Gasteiger charge is -1.75. The molecular weight excluding hydrogens is 124 g/mol. The van der Waals surface area contributed by atoms with Crippen molar-refractivity contribution in [1.82, 2.24) is 0 Å². The van der Waals surface area contributed by atoms with E-state index in [2.05, 4.69) is 19.6 Å². The predicted octanol–water partition coefficient (Wildman–Crippen LogP) is 1.33. The van der Waals surface area contributed by atoms with Crippen LogP contribution in [-0.2, 0) is 0 Å². The van der Waals surface area contributed by atoms with Crippen LogP contribution in [0.25, 0.3) is 0 Å². The molecule has 0 radical (unpaired) electrons. The van der Waals surface area contributed by atoms with Crippen LogP contribution in [0.15, 0.2) is 0 Å². The average Bonchev–Trinajstić information content (AvgIpc) is 1.25. The van der Waals surface area contributed by atoms with E-state index in [0.717, 1.165) is 0 Å². The van der Waals surface area contributed by atoms with Gasteiger partial charge in [0.05, 0.1) is 0 Å². The SMILES string of the molecule is C[SiH](C)C.O=C(O)O. The highest BCUT2D eigenvalue weighted by Gasteiger charge is 1.71. The molecule has 0 aromatic heterocycles. The summed E-state index contributed by atoms with van der Waals surface area (Å²) in [5.41, 5.74) is 0. The summed E-state index contributed by atoms with van der Waals surface area (Å²) in [7, 11) is -0.139. The van der Waals surface area contributed by atoms with Gasteiger partial charge in [0, 0.05) is 8.80 Å². The molecule has 3 nitrogen and oxygen atoms in total. The largest absolute Gasteiger partial charge is 0.503 e. The van der Waals surface area contributed by atoms with E-state index in [9.17, 15) is 0 Å². The summed E-state index contributed by atoms with van der Waals surface area (Å²) < 4.78 is 0. The Bertz CT molecular complexity index is 55.5. The van der Waals surface area contributed by atoms with E-state index < -0.39 is 6.16 Å². The first-order chi connectivity index (χ1) is 3.46. The van der Waals surface area contributed by atoms with Crippen molar-refractivity contribution in [3.63, 3.8) is 0 Å². The van der Waals surface area contributed by atoms with Gasteiger partial charge < -0.3 is 10.2 Å². The third-order valence-electron chi connectivity index (χ3n) is 0. The van der Waals surface area contributed by atoms with Crippen LogP contribution in [0.2, 0.25) is 19.6 Å². The molecule has 0 atom stereocenters. The van der Waals surface area contributed by atoms with Gasteiger partial charge in [0.1, 0.15) is 0 Å². The number of hydrogen-bond donors (Lipinski definition) is 2. The van der Waals surface area contributed by atoms with Crippen LogP contribution >= 0.6 is 0 Å². The topological polar surface area (TPSA) is 57.5 Å². The molecule has 0 amide bonds. The molecule has 0 spiro atoms. The van der Waals surface area contributed by atoms with Crippen LogP contribution in [-0.4, -0.2) is 25.2 Å². The van der Waals surface area contributed by atoms with Crippen LogP contribution < -0.4 is 0 Å². The van der Waals surface area contributed by atoms with E-state index in [4.69, 9.17) is 15.0 Å². The van der Waals surface area contributed by atoms with Gasteiger partial charge in [-0.2, -0.15) is 0 Å². The molecule has 0 saturated carbocycles. The Hall–Kier alpha value is -0.513. The van der Waals surface area contributed by atoms with Gasteiger partial charge in [-0.05, 0) is 0 Å². The average molecular weight is 136 g/mol. The Morgan fingerprint density at radius 3 is 1.25 bits per heavy atom. The van der Waals surface area contributed by atoms with E-state index in [1.807, 2.05) is 0 Å². The van der Waals surface area contributed by atoms with E-state index >= 15 is 0 Å². The minimum absolute atomic E-state index is 0.139. The molecule has 0 unspecified atom stereocenters. The van der Waals surface area contributed by atoms with E-state index in [0.29, 0.717) is 0 Å². The third kappa shape index (κ3) is 420. The van der Waals surface area contributed by atoms with Crippen molar-refractivity contribution in [1.29, 1.82) is 0 Å². The zero-order chi connectivity index (χ0) is 7.15. The lowest BCUT2D eigenvalue weighted by atomic mass is 11.5. The maximum Gasteiger partial charge on any atom is 0.503 e. The van der Waals surface area contributed by atoms with Crippen LogP contribution in [0.3, 0.4) is 0 Å². The molecule has 50 valence electrons. The van der Waals surface area contributed by atoms with Gasteiger partial charge in [-0.1, -0.05) is 19.6 Å². The van der Waals surface area contributed by atoms with Gasteiger partial charge in [-0.15, -0.1) is 0 Å². The first kappa shape index (κ1) is 10.5. The Balaban J connectivity index is 0. The molecule has 0 rings (SSSR count). The molecule has 0 fully saturated rings. The fraction of sp³-hybridized carbons (Fsp3) is 0.750. The second-order valence-corrected chi connectivity index (χ2v) is 5.48. The Morgan fingerprint density at radius 1 is 1.25 bits per heavy atom. The maximum atomic E-state index is 8.56. The van der Waals surface area contributed by atoms with Gasteiger partial charge in [0.15, 0.2) is 0 Å². The minimum Gasteiger partial charge on any atom is -0.450 e. The fourth-order valence-corrected chi connectivity index (χ4v) is 0. The highest BCUT2D eigenvalue weighted by Crippen LogP contribution is 1.68.